The van der Waals surface area contributed by atoms with Crippen LogP contribution >= 0.6 is 0 Å². The lowest BCUT2D eigenvalue weighted by atomic mass is 10.1. The average molecular weight is 432 g/mol. The molecule has 6 heteroatoms. The van der Waals surface area contributed by atoms with Crippen LogP contribution < -0.4 is 10.1 Å². The molecule has 0 aliphatic heterocycles. The van der Waals surface area contributed by atoms with Crippen LogP contribution in [0.5, 0.6) is 5.75 Å². The highest BCUT2D eigenvalue weighted by molar-refractivity contribution is 5.78. The first kappa shape index (κ1) is 21.6. The Morgan fingerprint density at radius 2 is 1.88 bits per heavy atom. The first-order chi connectivity index (χ1) is 15.6. The highest BCUT2D eigenvalue weighted by Crippen LogP contribution is 2.17. The van der Waals surface area contributed by atoms with Crippen LogP contribution in [0, 0.1) is 12.7 Å². The largest absolute Gasteiger partial charge is 0.492 e. The van der Waals surface area contributed by atoms with Gasteiger partial charge in [0.2, 0.25) is 5.91 Å². The van der Waals surface area contributed by atoms with Crippen molar-refractivity contribution < 1.29 is 13.9 Å². The Bertz CT molecular complexity index is 1200. The van der Waals surface area contributed by atoms with Crippen molar-refractivity contribution in [1.29, 1.82) is 0 Å². The topological polar surface area (TPSA) is 56.1 Å². The number of aromatic nitrogens is 2. The van der Waals surface area contributed by atoms with Crippen molar-refractivity contribution in [2.75, 3.05) is 13.2 Å². The Labute approximate surface area is 186 Å². The van der Waals surface area contributed by atoms with Crippen LogP contribution in [-0.4, -0.2) is 28.6 Å². The molecule has 0 aliphatic rings. The quantitative estimate of drug-likeness (QED) is 0.426. The molecule has 0 spiro atoms. The fourth-order valence-corrected chi connectivity index (χ4v) is 3.66. The van der Waals surface area contributed by atoms with Crippen molar-refractivity contribution in [2.24, 2.45) is 0 Å². The second-order valence-electron chi connectivity index (χ2n) is 7.74. The predicted octanol–water partition coefficient (Wildman–Crippen LogP) is 4.46. The standard InChI is InChI=1S/C26H26FN3O2/c1-19-9-11-22(12-10-19)32-16-15-30-24-8-3-2-7-23(24)29-25(30)13-14-28-26(31)18-20-5-4-6-21(27)17-20/h2-12,17H,13-16,18H2,1H3,(H,28,31). The highest BCUT2D eigenvalue weighted by Gasteiger charge is 2.11. The molecule has 5 nitrogen and oxygen atoms in total. The Kier molecular flexibility index (Phi) is 6.80. The number of hydrogen-bond acceptors (Lipinski definition) is 3. The van der Waals surface area contributed by atoms with E-state index < -0.39 is 0 Å². The predicted molar refractivity (Wildman–Crippen MR) is 123 cm³/mol. The summed E-state index contributed by atoms with van der Waals surface area (Å²) in [6.45, 7) is 3.67. The Hall–Kier alpha value is -3.67. The van der Waals surface area contributed by atoms with Crippen molar-refractivity contribution >= 4 is 16.9 Å². The number of ether oxygens (including phenoxy) is 1. The summed E-state index contributed by atoms with van der Waals surface area (Å²) >= 11 is 0. The number of nitrogens with zero attached hydrogens (tertiary/aromatic N) is 2. The smallest absolute Gasteiger partial charge is 0.224 e. The molecule has 1 aromatic heterocycles. The summed E-state index contributed by atoms with van der Waals surface area (Å²) in [7, 11) is 0. The van der Waals surface area contributed by atoms with Gasteiger partial charge in [-0.25, -0.2) is 9.37 Å². The molecular formula is C26H26FN3O2. The zero-order valence-electron chi connectivity index (χ0n) is 18.1. The molecule has 0 radical (unpaired) electrons. The number of carbonyl (C=O) groups excluding carboxylic acids is 1. The number of halogens is 1. The lowest BCUT2D eigenvalue weighted by Gasteiger charge is -2.11. The van der Waals surface area contributed by atoms with E-state index in [1.165, 1.54) is 17.7 Å². The second kappa shape index (κ2) is 10.1. The summed E-state index contributed by atoms with van der Waals surface area (Å²) in [5.41, 5.74) is 3.81. The van der Waals surface area contributed by atoms with Crippen LogP contribution in [0.25, 0.3) is 11.0 Å². The van der Waals surface area contributed by atoms with Crippen LogP contribution in [0.15, 0.2) is 72.8 Å². The number of fused-ring (bicyclic) bond motifs is 1. The van der Waals surface area contributed by atoms with Gasteiger partial charge in [0.15, 0.2) is 0 Å². The molecule has 0 bridgehead atoms. The molecule has 0 aliphatic carbocycles. The number of benzene rings is 3. The molecule has 0 atom stereocenters. The molecule has 4 rings (SSSR count). The first-order valence-electron chi connectivity index (χ1n) is 10.7. The van der Waals surface area contributed by atoms with Crippen molar-refractivity contribution in [2.45, 2.75) is 26.3 Å². The minimum Gasteiger partial charge on any atom is -0.492 e. The number of hydrogen-bond donors (Lipinski definition) is 1. The first-order valence-corrected chi connectivity index (χ1v) is 10.7. The number of rotatable bonds is 9. The molecule has 0 fully saturated rings. The Morgan fingerprint density at radius 3 is 2.69 bits per heavy atom. The number of nitrogens with one attached hydrogen (secondary N) is 1. The lowest BCUT2D eigenvalue weighted by molar-refractivity contribution is -0.120. The average Bonchev–Trinajstić information content (AvgIpc) is 3.12. The van der Waals surface area contributed by atoms with Gasteiger partial charge in [0.05, 0.1) is 24.0 Å². The maximum absolute atomic E-state index is 13.3. The van der Waals surface area contributed by atoms with Gasteiger partial charge in [-0.05, 0) is 48.9 Å². The van der Waals surface area contributed by atoms with Gasteiger partial charge in [0.1, 0.15) is 24.0 Å². The van der Waals surface area contributed by atoms with Crippen molar-refractivity contribution in [3.05, 3.63) is 95.6 Å². The second-order valence-corrected chi connectivity index (χ2v) is 7.74. The molecular weight excluding hydrogens is 405 g/mol. The third kappa shape index (κ3) is 5.52. The van der Waals surface area contributed by atoms with Crippen LogP contribution in [0.1, 0.15) is 17.0 Å². The normalized spacial score (nSPS) is 10.9. The van der Waals surface area contributed by atoms with Gasteiger partial charge >= 0.3 is 0 Å². The van der Waals surface area contributed by atoms with Crippen LogP contribution in [0.3, 0.4) is 0 Å². The summed E-state index contributed by atoms with van der Waals surface area (Å²) < 4.78 is 21.4. The van der Waals surface area contributed by atoms with Crippen molar-refractivity contribution in [3.63, 3.8) is 0 Å². The number of carbonyl (C=O) groups is 1. The fraction of sp³-hybridized carbons (Fsp3) is 0.231. The third-order valence-corrected chi connectivity index (χ3v) is 5.26. The van der Waals surface area contributed by atoms with E-state index >= 15 is 0 Å². The van der Waals surface area contributed by atoms with Gasteiger partial charge in [-0.1, -0.05) is 42.0 Å². The van der Waals surface area contributed by atoms with Crippen molar-refractivity contribution in [1.82, 2.24) is 14.9 Å². The number of imidazole rings is 1. The number of amides is 1. The number of aryl methyl sites for hydroxylation is 1. The molecule has 0 saturated carbocycles. The minimum absolute atomic E-state index is 0.138. The summed E-state index contributed by atoms with van der Waals surface area (Å²) in [6, 6.07) is 22.1. The van der Waals surface area contributed by atoms with Gasteiger partial charge in [0.25, 0.3) is 0 Å². The maximum Gasteiger partial charge on any atom is 0.224 e. The molecule has 0 unspecified atom stereocenters. The van der Waals surface area contributed by atoms with E-state index in [0.717, 1.165) is 22.6 Å². The number of para-hydroxylation sites is 2. The van der Waals surface area contributed by atoms with Gasteiger partial charge < -0.3 is 14.6 Å². The molecule has 164 valence electrons. The zero-order valence-corrected chi connectivity index (χ0v) is 18.1. The highest BCUT2D eigenvalue weighted by atomic mass is 19.1. The Morgan fingerprint density at radius 1 is 1.06 bits per heavy atom. The molecule has 0 saturated heterocycles. The van der Waals surface area contributed by atoms with Crippen molar-refractivity contribution in [3.8, 4) is 5.75 Å². The Balaban J connectivity index is 1.37. The summed E-state index contributed by atoms with van der Waals surface area (Å²) in [6.07, 6.45) is 0.743. The molecule has 32 heavy (non-hydrogen) atoms. The van der Waals surface area contributed by atoms with Gasteiger partial charge in [0, 0.05) is 13.0 Å². The molecule has 1 amide bonds. The minimum atomic E-state index is -0.336. The van der Waals surface area contributed by atoms with E-state index in [4.69, 9.17) is 9.72 Å². The maximum atomic E-state index is 13.3. The third-order valence-electron chi connectivity index (χ3n) is 5.26. The van der Waals surface area contributed by atoms with Crippen LogP contribution in [0.2, 0.25) is 0 Å². The van der Waals surface area contributed by atoms with Gasteiger partial charge in [-0.15, -0.1) is 0 Å². The molecule has 1 heterocycles. The molecule has 1 N–H and O–H groups in total. The molecule has 4 aromatic rings. The van der Waals surface area contributed by atoms with Gasteiger partial charge in [-0.2, -0.15) is 0 Å². The summed E-state index contributed by atoms with van der Waals surface area (Å²) in [5.74, 6) is 1.26. The van der Waals surface area contributed by atoms with E-state index in [1.807, 2.05) is 55.5 Å². The van der Waals surface area contributed by atoms with E-state index in [1.54, 1.807) is 12.1 Å². The van der Waals surface area contributed by atoms with Crippen LogP contribution in [0.4, 0.5) is 4.39 Å². The summed E-state index contributed by atoms with van der Waals surface area (Å²) in [5, 5.41) is 2.91. The fourth-order valence-electron chi connectivity index (χ4n) is 3.66. The zero-order chi connectivity index (χ0) is 22.3. The lowest BCUT2D eigenvalue weighted by Crippen LogP contribution is -2.28. The molecule has 3 aromatic carbocycles. The van der Waals surface area contributed by atoms with E-state index in [2.05, 4.69) is 9.88 Å². The van der Waals surface area contributed by atoms with E-state index in [9.17, 15) is 9.18 Å². The van der Waals surface area contributed by atoms with Crippen LogP contribution in [-0.2, 0) is 24.2 Å². The van der Waals surface area contributed by atoms with E-state index in [-0.39, 0.29) is 18.1 Å². The SMILES string of the molecule is Cc1ccc(OCCn2c(CCNC(=O)Cc3cccc(F)c3)nc3ccccc32)cc1. The monoisotopic (exact) mass is 431 g/mol. The van der Waals surface area contributed by atoms with Gasteiger partial charge in [-0.3, -0.25) is 4.79 Å². The summed E-state index contributed by atoms with van der Waals surface area (Å²) in [4.78, 5) is 17.0. The van der Waals surface area contributed by atoms with E-state index in [0.29, 0.717) is 31.7 Å².